The van der Waals surface area contributed by atoms with Crippen LogP contribution in [-0.4, -0.2) is 43.7 Å². The molecule has 0 aromatic heterocycles. The van der Waals surface area contributed by atoms with Crippen LogP contribution in [0.3, 0.4) is 0 Å². The molecule has 1 aliphatic rings. The Balaban J connectivity index is 0.00000288. The number of aryl methyl sites for hydroxylation is 1. The average Bonchev–Trinajstić information content (AvgIpc) is 2.55. The van der Waals surface area contributed by atoms with Crippen LogP contribution in [0.2, 0.25) is 5.02 Å². The van der Waals surface area contributed by atoms with Crippen LogP contribution in [-0.2, 0) is 9.53 Å². The lowest BCUT2D eigenvalue weighted by molar-refractivity contribution is -0.149. The van der Waals surface area contributed by atoms with Crippen LogP contribution in [0.15, 0.2) is 18.2 Å². The third-order valence-corrected chi connectivity index (χ3v) is 4.48. The first-order valence-corrected chi connectivity index (χ1v) is 8.76. The minimum absolute atomic E-state index is 0. The second-order valence-corrected chi connectivity index (χ2v) is 6.41. The molecule has 0 unspecified atom stereocenters. The lowest BCUT2D eigenvalue weighted by Gasteiger charge is -2.30. The second kappa shape index (κ2) is 10.8. The third kappa shape index (κ3) is 6.50. The van der Waals surface area contributed by atoms with Gasteiger partial charge in [0.05, 0.1) is 24.2 Å². The summed E-state index contributed by atoms with van der Waals surface area (Å²) in [4.78, 5) is 14.1. The Bertz CT molecular complexity index is 517. The van der Waals surface area contributed by atoms with E-state index in [0.717, 1.165) is 50.2 Å². The number of piperidine rings is 1. The molecule has 0 spiro atoms. The van der Waals surface area contributed by atoms with Crippen LogP contribution in [0.4, 0.5) is 0 Å². The molecule has 4 nitrogen and oxygen atoms in total. The molecule has 2 rings (SSSR count). The number of benzene rings is 1. The van der Waals surface area contributed by atoms with Gasteiger partial charge in [-0.3, -0.25) is 4.79 Å². The first-order chi connectivity index (χ1) is 11.1. The number of ether oxygens (including phenoxy) is 2. The van der Waals surface area contributed by atoms with Crippen LogP contribution in [0.5, 0.6) is 5.75 Å². The molecule has 1 saturated heterocycles. The zero-order chi connectivity index (χ0) is 16.7. The maximum Gasteiger partial charge on any atom is 0.309 e. The third-order valence-electron chi connectivity index (χ3n) is 4.17. The lowest BCUT2D eigenvalue weighted by atomic mass is 9.97. The van der Waals surface area contributed by atoms with E-state index in [1.165, 1.54) is 0 Å². The molecule has 1 heterocycles. The van der Waals surface area contributed by atoms with Crippen molar-refractivity contribution >= 4 is 30.0 Å². The van der Waals surface area contributed by atoms with Gasteiger partial charge in [0.15, 0.2) is 0 Å². The van der Waals surface area contributed by atoms with Gasteiger partial charge in [-0.25, -0.2) is 0 Å². The van der Waals surface area contributed by atoms with Crippen molar-refractivity contribution in [3.8, 4) is 5.75 Å². The van der Waals surface area contributed by atoms with Crippen LogP contribution >= 0.6 is 24.0 Å². The van der Waals surface area contributed by atoms with Crippen molar-refractivity contribution < 1.29 is 14.3 Å². The summed E-state index contributed by atoms with van der Waals surface area (Å²) in [6.07, 6.45) is 2.74. The molecule has 0 amide bonds. The van der Waals surface area contributed by atoms with Crippen molar-refractivity contribution in [3.05, 3.63) is 28.8 Å². The Hall–Kier alpha value is -0.970. The molecule has 1 aliphatic heterocycles. The summed E-state index contributed by atoms with van der Waals surface area (Å²) in [5.74, 6) is 0.797. The fourth-order valence-corrected chi connectivity index (χ4v) is 3.02. The minimum Gasteiger partial charge on any atom is -0.492 e. The Morgan fingerprint density at radius 1 is 1.33 bits per heavy atom. The standard InChI is InChI=1S/C18H26ClNO3.ClH/c1-3-22-18(21)15-7-10-20(11-8-15)9-4-12-23-17-13-14(2)5-6-16(17)19;/h5-6,13,15H,3-4,7-12H2,1-2H3;1H. The zero-order valence-corrected chi connectivity index (χ0v) is 16.0. The molecular weight excluding hydrogens is 349 g/mol. The van der Waals surface area contributed by atoms with Gasteiger partial charge in [0, 0.05) is 6.54 Å². The molecule has 0 N–H and O–H groups in total. The van der Waals surface area contributed by atoms with Gasteiger partial charge < -0.3 is 14.4 Å². The summed E-state index contributed by atoms with van der Waals surface area (Å²) in [5.41, 5.74) is 1.14. The van der Waals surface area contributed by atoms with E-state index in [4.69, 9.17) is 21.1 Å². The van der Waals surface area contributed by atoms with Gasteiger partial charge in [0.2, 0.25) is 0 Å². The number of halogens is 2. The molecule has 6 heteroatoms. The molecular formula is C18H27Cl2NO3. The van der Waals surface area contributed by atoms with Gasteiger partial charge in [0.25, 0.3) is 0 Å². The predicted octanol–water partition coefficient (Wildman–Crippen LogP) is 4.11. The SMILES string of the molecule is CCOC(=O)C1CCN(CCCOc2cc(C)ccc2Cl)CC1.Cl. The number of likely N-dealkylation sites (tertiary alicyclic amines) is 1. The van der Waals surface area contributed by atoms with Crippen molar-refractivity contribution in [3.63, 3.8) is 0 Å². The second-order valence-electron chi connectivity index (χ2n) is 6.00. The largest absolute Gasteiger partial charge is 0.492 e. The van der Waals surface area contributed by atoms with Gasteiger partial charge >= 0.3 is 5.97 Å². The number of hydrogen-bond acceptors (Lipinski definition) is 4. The van der Waals surface area contributed by atoms with Crippen LogP contribution < -0.4 is 4.74 Å². The maximum atomic E-state index is 11.7. The van der Waals surface area contributed by atoms with E-state index in [2.05, 4.69) is 4.90 Å². The smallest absolute Gasteiger partial charge is 0.309 e. The van der Waals surface area contributed by atoms with Crippen LogP contribution in [0, 0.1) is 12.8 Å². The highest BCUT2D eigenvalue weighted by Gasteiger charge is 2.25. The van der Waals surface area contributed by atoms with E-state index in [-0.39, 0.29) is 24.3 Å². The summed E-state index contributed by atoms with van der Waals surface area (Å²) in [5, 5.41) is 0.658. The summed E-state index contributed by atoms with van der Waals surface area (Å²) < 4.78 is 10.9. The Morgan fingerprint density at radius 3 is 2.71 bits per heavy atom. The number of nitrogens with zero attached hydrogens (tertiary/aromatic N) is 1. The van der Waals surface area contributed by atoms with Crippen molar-refractivity contribution in [1.82, 2.24) is 4.90 Å². The Morgan fingerprint density at radius 2 is 2.04 bits per heavy atom. The molecule has 0 atom stereocenters. The number of carbonyl (C=O) groups is 1. The lowest BCUT2D eigenvalue weighted by Crippen LogP contribution is -2.37. The van der Waals surface area contributed by atoms with Gasteiger partial charge in [-0.1, -0.05) is 17.7 Å². The highest BCUT2D eigenvalue weighted by atomic mass is 35.5. The fraction of sp³-hybridized carbons (Fsp3) is 0.611. The minimum atomic E-state index is -0.0374. The quantitative estimate of drug-likeness (QED) is 0.530. The maximum absolute atomic E-state index is 11.7. The van der Waals surface area contributed by atoms with E-state index in [1.54, 1.807) is 0 Å². The normalized spacial score (nSPS) is 15.6. The van der Waals surface area contributed by atoms with E-state index in [1.807, 2.05) is 32.0 Å². The zero-order valence-electron chi connectivity index (χ0n) is 14.4. The topological polar surface area (TPSA) is 38.8 Å². The molecule has 0 bridgehead atoms. The molecule has 0 saturated carbocycles. The summed E-state index contributed by atoms with van der Waals surface area (Å²) >= 11 is 6.12. The molecule has 1 aromatic rings. The monoisotopic (exact) mass is 375 g/mol. The van der Waals surface area contributed by atoms with E-state index in [9.17, 15) is 4.79 Å². The number of hydrogen-bond donors (Lipinski definition) is 0. The Labute approximate surface area is 155 Å². The summed E-state index contributed by atoms with van der Waals surface area (Å²) in [7, 11) is 0. The predicted molar refractivity (Wildman–Crippen MR) is 99.3 cm³/mol. The fourth-order valence-electron chi connectivity index (χ4n) is 2.84. The molecule has 1 fully saturated rings. The van der Waals surface area contributed by atoms with Crippen molar-refractivity contribution in [2.24, 2.45) is 5.92 Å². The van der Waals surface area contributed by atoms with Gasteiger partial charge in [-0.2, -0.15) is 0 Å². The van der Waals surface area contributed by atoms with Crippen molar-refractivity contribution in [1.29, 1.82) is 0 Å². The average molecular weight is 376 g/mol. The summed E-state index contributed by atoms with van der Waals surface area (Å²) in [6, 6.07) is 5.81. The number of carbonyl (C=O) groups excluding carboxylic acids is 1. The highest BCUT2D eigenvalue weighted by Crippen LogP contribution is 2.25. The summed E-state index contributed by atoms with van der Waals surface area (Å²) in [6.45, 7) is 7.89. The number of rotatable bonds is 7. The van der Waals surface area contributed by atoms with Crippen molar-refractivity contribution in [2.75, 3.05) is 32.8 Å². The van der Waals surface area contributed by atoms with Gasteiger partial charge in [-0.05, 0) is 63.9 Å². The first-order valence-electron chi connectivity index (χ1n) is 8.38. The highest BCUT2D eigenvalue weighted by molar-refractivity contribution is 6.32. The first kappa shape index (κ1) is 21.1. The van der Waals surface area contributed by atoms with Crippen LogP contribution in [0.25, 0.3) is 0 Å². The molecule has 0 aliphatic carbocycles. The van der Waals surface area contributed by atoms with Gasteiger partial charge in [0.1, 0.15) is 5.75 Å². The van der Waals surface area contributed by atoms with E-state index >= 15 is 0 Å². The Kier molecular flexibility index (Phi) is 9.49. The van der Waals surface area contributed by atoms with Gasteiger partial charge in [-0.15, -0.1) is 12.4 Å². The van der Waals surface area contributed by atoms with Crippen molar-refractivity contribution in [2.45, 2.75) is 33.1 Å². The molecule has 0 radical (unpaired) electrons. The molecule has 136 valence electrons. The number of esters is 1. The molecule has 24 heavy (non-hydrogen) atoms. The van der Waals surface area contributed by atoms with E-state index < -0.39 is 0 Å². The molecule has 1 aromatic carbocycles. The van der Waals surface area contributed by atoms with Crippen LogP contribution in [0.1, 0.15) is 31.7 Å². The van der Waals surface area contributed by atoms with E-state index in [0.29, 0.717) is 18.2 Å².